The molecule has 1 rings (SSSR count). The molecule has 0 heterocycles. The first-order valence-electron chi connectivity index (χ1n) is 6.80. The maximum Gasteiger partial charge on any atom is 0.307 e. The van der Waals surface area contributed by atoms with Gasteiger partial charge in [0.05, 0.1) is 24.1 Å². The molecule has 0 spiro atoms. The molecule has 0 radical (unpaired) electrons. The number of hydrogen-bond donors (Lipinski definition) is 0. The first kappa shape index (κ1) is 18.4. The van der Waals surface area contributed by atoms with Gasteiger partial charge < -0.3 is 14.4 Å². The second-order valence-corrected chi connectivity index (χ2v) is 4.97. The van der Waals surface area contributed by atoms with Crippen molar-refractivity contribution in [2.75, 3.05) is 33.9 Å². The van der Waals surface area contributed by atoms with Crippen molar-refractivity contribution in [2.24, 2.45) is 0 Å². The summed E-state index contributed by atoms with van der Waals surface area (Å²) in [6.07, 6.45) is 0.594. The molecule has 0 atom stereocenters. The lowest BCUT2D eigenvalue weighted by Crippen LogP contribution is -2.35. The first-order valence-corrected chi connectivity index (χ1v) is 7.18. The maximum absolute atomic E-state index is 13.9. The molecule has 1 amide bonds. The predicted molar refractivity (Wildman–Crippen MR) is 80.4 cm³/mol. The highest BCUT2D eigenvalue weighted by Crippen LogP contribution is 2.21. The van der Waals surface area contributed by atoms with Crippen molar-refractivity contribution in [1.29, 1.82) is 0 Å². The van der Waals surface area contributed by atoms with Crippen LogP contribution in [0.3, 0.4) is 0 Å². The fraction of sp³-hybridized carbons (Fsp3) is 0.467. The number of methoxy groups -OCH3 is 2. The number of carbonyl (C=O) groups is 2. The zero-order chi connectivity index (χ0) is 16.5. The van der Waals surface area contributed by atoms with Crippen molar-refractivity contribution in [3.05, 3.63) is 34.6 Å². The van der Waals surface area contributed by atoms with E-state index in [2.05, 4.69) is 4.74 Å². The summed E-state index contributed by atoms with van der Waals surface area (Å²) < 4.78 is 23.4. The molecule has 7 heteroatoms. The quantitative estimate of drug-likeness (QED) is 0.542. The van der Waals surface area contributed by atoms with Crippen molar-refractivity contribution < 1.29 is 23.5 Å². The Kier molecular flexibility index (Phi) is 7.84. The third-order valence-corrected chi connectivity index (χ3v) is 3.37. The summed E-state index contributed by atoms with van der Waals surface area (Å²) in [5.41, 5.74) is -0.188. The molecular formula is C15H19ClFNO4. The predicted octanol–water partition coefficient (Wildman–Crippen LogP) is 2.52. The van der Waals surface area contributed by atoms with Crippen LogP contribution >= 0.6 is 11.6 Å². The Hall–Kier alpha value is -1.66. The molecule has 1 aromatic rings. The van der Waals surface area contributed by atoms with Crippen LogP contribution in [0.25, 0.3) is 0 Å². The molecule has 22 heavy (non-hydrogen) atoms. The van der Waals surface area contributed by atoms with E-state index in [-0.39, 0.29) is 23.6 Å². The molecule has 122 valence electrons. The SMILES string of the molecule is COCCCN(CCC(=O)OC)C(=O)c1c(F)cccc1Cl. The Labute approximate surface area is 133 Å². The minimum Gasteiger partial charge on any atom is -0.469 e. The van der Waals surface area contributed by atoms with Gasteiger partial charge in [-0.3, -0.25) is 9.59 Å². The molecule has 0 fully saturated rings. The molecule has 1 aromatic carbocycles. The molecule has 5 nitrogen and oxygen atoms in total. The molecule has 0 aliphatic heterocycles. The molecule has 0 saturated carbocycles. The van der Waals surface area contributed by atoms with Gasteiger partial charge in [0.15, 0.2) is 0 Å². The van der Waals surface area contributed by atoms with E-state index in [1.54, 1.807) is 7.11 Å². The fourth-order valence-electron chi connectivity index (χ4n) is 1.90. The van der Waals surface area contributed by atoms with Crippen LogP contribution in [0.1, 0.15) is 23.2 Å². The van der Waals surface area contributed by atoms with Crippen molar-refractivity contribution in [3.63, 3.8) is 0 Å². The van der Waals surface area contributed by atoms with Crippen LogP contribution in [0.4, 0.5) is 4.39 Å². The first-order chi connectivity index (χ1) is 10.5. The molecule has 0 saturated heterocycles. The third kappa shape index (κ3) is 5.27. The second kappa shape index (κ2) is 9.38. The van der Waals surface area contributed by atoms with Crippen molar-refractivity contribution >= 4 is 23.5 Å². The van der Waals surface area contributed by atoms with E-state index in [4.69, 9.17) is 16.3 Å². The van der Waals surface area contributed by atoms with Crippen molar-refractivity contribution in [1.82, 2.24) is 4.90 Å². The maximum atomic E-state index is 13.9. The Bertz CT molecular complexity index is 504. The normalized spacial score (nSPS) is 10.4. The third-order valence-electron chi connectivity index (χ3n) is 3.05. The Morgan fingerprint density at radius 2 is 2.00 bits per heavy atom. The number of amides is 1. The molecule has 0 N–H and O–H groups in total. The van der Waals surface area contributed by atoms with Gasteiger partial charge in [-0.1, -0.05) is 17.7 Å². The topological polar surface area (TPSA) is 55.8 Å². The van der Waals surface area contributed by atoms with Crippen molar-refractivity contribution in [2.45, 2.75) is 12.8 Å². The van der Waals surface area contributed by atoms with Gasteiger partial charge in [-0.2, -0.15) is 0 Å². The van der Waals surface area contributed by atoms with E-state index in [1.165, 1.54) is 30.2 Å². The number of carbonyl (C=O) groups excluding carboxylic acids is 2. The number of rotatable bonds is 8. The van der Waals surface area contributed by atoms with Crippen molar-refractivity contribution in [3.8, 4) is 0 Å². The smallest absolute Gasteiger partial charge is 0.307 e. The number of ether oxygens (including phenoxy) is 2. The van der Waals surface area contributed by atoms with Gasteiger partial charge in [-0.15, -0.1) is 0 Å². The highest BCUT2D eigenvalue weighted by Gasteiger charge is 2.22. The Balaban J connectivity index is 2.88. The van der Waals surface area contributed by atoms with Gasteiger partial charge in [0.2, 0.25) is 0 Å². The molecule has 0 unspecified atom stereocenters. The van der Waals surface area contributed by atoms with Crippen LogP contribution in [0.15, 0.2) is 18.2 Å². The van der Waals surface area contributed by atoms with E-state index in [0.717, 1.165) is 0 Å². The number of hydrogen-bond acceptors (Lipinski definition) is 4. The number of esters is 1. The highest BCUT2D eigenvalue weighted by molar-refractivity contribution is 6.33. The number of benzene rings is 1. The molecule has 0 bridgehead atoms. The average molecular weight is 332 g/mol. The average Bonchev–Trinajstić information content (AvgIpc) is 2.50. The zero-order valence-corrected chi connectivity index (χ0v) is 13.4. The summed E-state index contributed by atoms with van der Waals surface area (Å²) in [5, 5.41) is 0.0415. The lowest BCUT2D eigenvalue weighted by atomic mass is 10.1. The standard InChI is InChI=1S/C15H19ClFNO4/c1-21-10-4-8-18(9-7-13(19)22-2)15(20)14-11(16)5-3-6-12(14)17/h3,5-6H,4,7-10H2,1-2H3. The Morgan fingerprint density at radius 1 is 1.27 bits per heavy atom. The summed E-state index contributed by atoms with van der Waals surface area (Å²) in [5.74, 6) is -1.68. The molecule has 0 aliphatic carbocycles. The van der Waals surface area contributed by atoms with Crippen LogP contribution in [0.5, 0.6) is 0 Å². The van der Waals surface area contributed by atoms with Crippen LogP contribution in [-0.2, 0) is 14.3 Å². The van der Waals surface area contributed by atoms with Gasteiger partial charge in [0, 0.05) is 26.8 Å². The summed E-state index contributed by atoms with van der Waals surface area (Å²) >= 11 is 5.92. The second-order valence-electron chi connectivity index (χ2n) is 4.56. The van der Waals surface area contributed by atoms with E-state index in [0.29, 0.717) is 19.6 Å². The number of halogens is 2. The van der Waals surface area contributed by atoms with E-state index in [1.807, 2.05) is 0 Å². The summed E-state index contributed by atoms with van der Waals surface area (Å²) in [4.78, 5) is 25.1. The van der Waals surface area contributed by atoms with Gasteiger partial charge in [0.25, 0.3) is 5.91 Å². The van der Waals surface area contributed by atoms with Crippen LogP contribution in [-0.4, -0.2) is 50.7 Å². The molecule has 0 aliphatic rings. The summed E-state index contributed by atoms with van der Waals surface area (Å²) in [6.45, 7) is 0.904. The van der Waals surface area contributed by atoms with Gasteiger partial charge in [-0.05, 0) is 18.6 Å². The van der Waals surface area contributed by atoms with Crippen LogP contribution in [0.2, 0.25) is 5.02 Å². The fourth-order valence-corrected chi connectivity index (χ4v) is 2.15. The summed E-state index contributed by atoms with van der Waals surface area (Å²) in [6, 6.07) is 4.05. The van der Waals surface area contributed by atoms with E-state index < -0.39 is 17.7 Å². The highest BCUT2D eigenvalue weighted by atomic mass is 35.5. The van der Waals surface area contributed by atoms with Crippen LogP contribution < -0.4 is 0 Å². The van der Waals surface area contributed by atoms with Gasteiger partial charge in [-0.25, -0.2) is 4.39 Å². The minimum absolute atomic E-state index is 0.0291. The lowest BCUT2D eigenvalue weighted by Gasteiger charge is -2.23. The zero-order valence-electron chi connectivity index (χ0n) is 12.6. The van der Waals surface area contributed by atoms with E-state index in [9.17, 15) is 14.0 Å². The number of nitrogens with zero attached hydrogens (tertiary/aromatic N) is 1. The largest absolute Gasteiger partial charge is 0.469 e. The summed E-state index contributed by atoms with van der Waals surface area (Å²) in [7, 11) is 2.82. The molecular weight excluding hydrogens is 313 g/mol. The van der Waals surface area contributed by atoms with Gasteiger partial charge >= 0.3 is 5.97 Å². The van der Waals surface area contributed by atoms with Crippen LogP contribution in [0, 0.1) is 5.82 Å². The monoisotopic (exact) mass is 331 g/mol. The lowest BCUT2D eigenvalue weighted by molar-refractivity contribution is -0.140. The molecule has 0 aromatic heterocycles. The van der Waals surface area contributed by atoms with Gasteiger partial charge in [0.1, 0.15) is 5.82 Å². The minimum atomic E-state index is -0.688. The van der Waals surface area contributed by atoms with E-state index >= 15 is 0 Å². The Morgan fingerprint density at radius 3 is 2.59 bits per heavy atom.